The molecule has 35 heavy (non-hydrogen) atoms. The Balaban J connectivity index is 1.37. The van der Waals surface area contributed by atoms with Crippen LogP contribution in [0.15, 0.2) is 60.7 Å². The van der Waals surface area contributed by atoms with E-state index < -0.39 is 0 Å². The van der Waals surface area contributed by atoms with Gasteiger partial charge in [-0.05, 0) is 67.8 Å². The summed E-state index contributed by atoms with van der Waals surface area (Å²) in [6, 6.07) is 20.0. The van der Waals surface area contributed by atoms with Gasteiger partial charge in [-0.2, -0.15) is 0 Å². The minimum atomic E-state index is -0.378. The minimum Gasteiger partial charge on any atom is -0.341 e. The first-order valence-corrected chi connectivity index (χ1v) is 12.6. The average Bonchev–Trinajstić information content (AvgIpc) is 2.89. The highest BCUT2D eigenvalue weighted by molar-refractivity contribution is 6.10. The van der Waals surface area contributed by atoms with E-state index in [0.717, 1.165) is 60.9 Å². The molecule has 1 aliphatic rings. The fraction of sp³-hybridized carbons (Fsp3) is 0.379. The predicted octanol–water partition coefficient (Wildman–Crippen LogP) is 4.26. The molecule has 0 aliphatic carbocycles. The Bertz CT molecular complexity index is 1180. The Morgan fingerprint density at radius 2 is 1.69 bits per heavy atom. The largest absolute Gasteiger partial charge is 0.341 e. The minimum absolute atomic E-state index is 0.0759. The van der Waals surface area contributed by atoms with Gasteiger partial charge >= 0.3 is 0 Å². The molecule has 1 saturated heterocycles. The second-order valence-corrected chi connectivity index (χ2v) is 9.41. The van der Waals surface area contributed by atoms with E-state index in [2.05, 4.69) is 28.8 Å². The molecular formula is C29H36N4O2. The van der Waals surface area contributed by atoms with Gasteiger partial charge in [0, 0.05) is 35.8 Å². The summed E-state index contributed by atoms with van der Waals surface area (Å²) in [7, 11) is 0. The first-order valence-electron chi connectivity index (χ1n) is 12.6. The smallest absolute Gasteiger partial charge is 0.255 e. The van der Waals surface area contributed by atoms with Crippen molar-refractivity contribution in [3.63, 3.8) is 0 Å². The summed E-state index contributed by atoms with van der Waals surface area (Å²) in [5.41, 5.74) is 9.64. The number of aryl methyl sites for hydroxylation is 1. The van der Waals surface area contributed by atoms with Gasteiger partial charge < -0.3 is 21.3 Å². The molecule has 0 bridgehead atoms. The van der Waals surface area contributed by atoms with Gasteiger partial charge in [0.25, 0.3) is 5.91 Å². The number of nitrogens with one attached hydrogen (secondary N) is 2. The summed E-state index contributed by atoms with van der Waals surface area (Å²) in [6.45, 7) is 6.30. The van der Waals surface area contributed by atoms with E-state index in [-0.39, 0.29) is 17.9 Å². The number of rotatable bonds is 8. The molecule has 3 aromatic rings. The van der Waals surface area contributed by atoms with Crippen molar-refractivity contribution in [2.45, 2.75) is 51.6 Å². The Hall–Kier alpha value is -3.22. The SMILES string of the molecule is CC[C@H](N)C(=O)N1CCC(NCCc2ccc(NC(=O)c3ccccc3C)c3ccccc23)CC1. The molecule has 1 fully saturated rings. The Labute approximate surface area is 207 Å². The van der Waals surface area contributed by atoms with E-state index >= 15 is 0 Å². The molecule has 1 heterocycles. The summed E-state index contributed by atoms with van der Waals surface area (Å²) in [5.74, 6) is -0.0144. The van der Waals surface area contributed by atoms with Crippen molar-refractivity contribution in [1.82, 2.24) is 10.2 Å². The van der Waals surface area contributed by atoms with Crippen LogP contribution in [0.3, 0.4) is 0 Å². The van der Waals surface area contributed by atoms with Crippen LogP contribution in [-0.4, -0.2) is 48.4 Å². The van der Waals surface area contributed by atoms with Gasteiger partial charge in [-0.1, -0.05) is 55.5 Å². The number of hydrogen-bond acceptors (Lipinski definition) is 4. The van der Waals surface area contributed by atoms with Crippen molar-refractivity contribution in [1.29, 1.82) is 0 Å². The normalized spacial score (nSPS) is 15.2. The van der Waals surface area contributed by atoms with E-state index in [0.29, 0.717) is 18.0 Å². The van der Waals surface area contributed by atoms with Crippen molar-refractivity contribution >= 4 is 28.3 Å². The number of piperidine rings is 1. The number of carbonyl (C=O) groups excluding carboxylic acids is 2. The number of fused-ring (bicyclic) bond motifs is 1. The van der Waals surface area contributed by atoms with Crippen LogP contribution in [0.25, 0.3) is 10.8 Å². The van der Waals surface area contributed by atoms with Gasteiger partial charge in [-0.25, -0.2) is 0 Å². The summed E-state index contributed by atoms with van der Waals surface area (Å²) >= 11 is 0. The van der Waals surface area contributed by atoms with Gasteiger partial charge in [0.1, 0.15) is 0 Å². The van der Waals surface area contributed by atoms with Crippen LogP contribution >= 0.6 is 0 Å². The zero-order valence-corrected chi connectivity index (χ0v) is 20.7. The quantitative estimate of drug-likeness (QED) is 0.457. The van der Waals surface area contributed by atoms with Crippen LogP contribution in [0.4, 0.5) is 5.69 Å². The third-order valence-corrected chi connectivity index (χ3v) is 7.04. The summed E-state index contributed by atoms with van der Waals surface area (Å²) in [5, 5.41) is 8.99. The molecule has 4 N–H and O–H groups in total. The molecule has 6 nitrogen and oxygen atoms in total. The van der Waals surface area contributed by atoms with Crippen LogP contribution in [0.5, 0.6) is 0 Å². The van der Waals surface area contributed by atoms with E-state index in [1.807, 2.05) is 61.2 Å². The zero-order valence-electron chi connectivity index (χ0n) is 20.7. The van der Waals surface area contributed by atoms with Crippen LogP contribution < -0.4 is 16.4 Å². The van der Waals surface area contributed by atoms with Crippen molar-refractivity contribution in [3.05, 3.63) is 77.4 Å². The molecule has 4 rings (SSSR count). The Morgan fingerprint density at radius 1 is 1.00 bits per heavy atom. The number of amides is 2. The van der Waals surface area contributed by atoms with Crippen molar-refractivity contribution in [2.75, 3.05) is 25.0 Å². The third-order valence-electron chi connectivity index (χ3n) is 7.04. The first-order chi connectivity index (χ1) is 17.0. The molecule has 3 aromatic carbocycles. The lowest BCUT2D eigenvalue weighted by Gasteiger charge is -2.33. The van der Waals surface area contributed by atoms with Crippen LogP contribution in [0.2, 0.25) is 0 Å². The highest BCUT2D eigenvalue weighted by Crippen LogP contribution is 2.28. The lowest BCUT2D eigenvalue weighted by atomic mass is 9.99. The standard InChI is InChI=1S/C29H36N4O2/c1-3-26(30)29(35)33-18-15-22(16-19-33)31-17-14-21-12-13-27(25-11-7-6-10-24(21)25)32-28(34)23-9-5-4-8-20(23)2/h4-13,22,26,31H,3,14-19,30H2,1-2H3,(H,32,34)/t26-/m0/s1. The maximum Gasteiger partial charge on any atom is 0.255 e. The number of benzene rings is 3. The molecule has 0 radical (unpaired) electrons. The number of hydrogen-bond donors (Lipinski definition) is 3. The fourth-order valence-corrected chi connectivity index (χ4v) is 4.83. The Kier molecular flexibility index (Phi) is 8.16. The van der Waals surface area contributed by atoms with Crippen LogP contribution in [0, 0.1) is 6.92 Å². The second-order valence-electron chi connectivity index (χ2n) is 9.41. The zero-order chi connectivity index (χ0) is 24.8. The van der Waals surface area contributed by atoms with Gasteiger partial charge in [0.15, 0.2) is 0 Å². The predicted molar refractivity (Wildman–Crippen MR) is 143 cm³/mol. The number of likely N-dealkylation sites (tertiary alicyclic amines) is 1. The highest BCUT2D eigenvalue weighted by atomic mass is 16.2. The second kappa shape index (κ2) is 11.5. The molecule has 0 aromatic heterocycles. The average molecular weight is 473 g/mol. The fourth-order valence-electron chi connectivity index (χ4n) is 4.83. The van der Waals surface area contributed by atoms with Crippen molar-refractivity contribution < 1.29 is 9.59 Å². The van der Waals surface area contributed by atoms with Gasteiger partial charge in [-0.15, -0.1) is 0 Å². The lowest BCUT2D eigenvalue weighted by molar-refractivity contribution is -0.133. The number of nitrogens with zero attached hydrogens (tertiary/aromatic N) is 1. The molecular weight excluding hydrogens is 436 g/mol. The summed E-state index contributed by atoms with van der Waals surface area (Å²) in [4.78, 5) is 27.1. The molecule has 184 valence electrons. The topological polar surface area (TPSA) is 87.5 Å². The molecule has 1 aliphatic heterocycles. The maximum atomic E-state index is 12.9. The van der Waals surface area contributed by atoms with Gasteiger partial charge in [-0.3, -0.25) is 9.59 Å². The monoisotopic (exact) mass is 472 g/mol. The van der Waals surface area contributed by atoms with Crippen molar-refractivity contribution in [3.8, 4) is 0 Å². The number of nitrogens with two attached hydrogens (primary N) is 1. The van der Waals surface area contributed by atoms with E-state index in [1.54, 1.807) is 0 Å². The first kappa shape index (κ1) is 24.9. The molecule has 2 amide bonds. The van der Waals surface area contributed by atoms with E-state index in [4.69, 9.17) is 5.73 Å². The molecule has 0 unspecified atom stereocenters. The highest BCUT2D eigenvalue weighted by Gasteiger charge is 2.25. The molecule has 1 atom stereocenters. The van der Waals surface area contributed by atoms with E-state index in [1.165, 1.54) is 5.56 Å². The van der Waals surface area contributed by atoms with Gasteiger partial charge in [0.05, 0.1) is 6.04 Å². The van der Waals surface area contributed by atoms with Crippen molar-refractivity contribution in [2.24, 2.45) is 5.73 Å². The van der Waals surface area contributed by atoms with Crippen LogP contribution in [0.1, 0.15) is 47.7 Å². The third kappa shape index (κ3) is 5.89. The number of anilines is 1. The summed E-state index contributed by atoms with van der Waals surface area (Å²) < 4.78 is 0. The molecule has 0 saturated carbocycles. The lowest BCUT2D eigenvalue weighted by Crippen LogP contribution is -2.50. The number of carbonyl (C=O) groups is 2. The Morgan fingerprint density at radius 3 is 2.40 bits per heavy atom. The maximum absolute atomic E-state index is 12.9. The van der Waals surface area contributed by atoms with Gasteiger partial charge in [0.2, 0.25) is 5.91 Å². The van der Waals surface area contributed by atoms with E-state index in [9.17, 15) is 9.59 Å². The molecule has 0 spiro atoms. The summed E-state index contributed by atoms with van der Waals surface area (Å²) in [6.07, 6.45) is 3.48. The molecule has 6 heteroatoms. The van der Waals surface area contributed by atoms with Crippen LogP contribution in [-0.2, 0) is 11.2 Å².